The summed E-state index contributed by atoms with van der Waals surface area (Å²) < 4.78 is 2.28. The Morgan fingerprint density at radius 1 is 0.800 bits per heavy atom. The minimum atomic E-state index is -0.930. The van der Waals surface area contributed by atoms with E-state index >= 15 is 0 Å². The van der Waals surface area contributed by atoms with E-state index in [0.717, 1.165) is 29.5 Å². The standard InChI is InChI=1S/C16H30N2O3.C14H17N.C9H8N2.C7H8.C5H10N2O2.C4H10.C3H7NO.2C2H5NO/c1-13(2)11-15(16(20)21)18(12-19)10-8-6-7-9-14(3)17(4)5;1-5-14(3,4)15-10-11(2)12-8-6-7-9-13(12)15;1-7-2-3-9-8(4-7)5-10-6-11-9;1-7-5-3-2-4-6-7;1-7(2-3-8)5(9)4-6;1-4(2)3;1-4-2-3-5;2*3-1-2-4/h6-7,12-15H,8-11H2,1-5H3,(H,20,21);5-10H,1H2,2-4H3;2-6H,1H3;2-6H,1H3;3H,2,4,6H2,1H3;4H,1-3H3;3-4H,2H2,1H3;2*2H,1,3H2/b7-6-;;;;;;;;. The molecule has 2 atom stereocenters. The van der Waals surface area contributed by atoms with Crippen molar-refractivity contribution in [2.75, 3.05) is 67.5 Å². The number of rotatable bonds is 20. The molecule has 0 saturated heterocycles. The Morgan fingerprint density at radius 3 is 1.79 bits per heavy atom. The lowest BCUT2D eigenvalue weighted by Crippen LogP contribution is -2.41. The van der Waals surface area contributed by atoms with E-state index in [1.165, 1.54) is 44.4 Å². The highest BCUT2D eigenvalue weighted by Gasteiger charge is 2.25. The summed E-state index contributed by atoms with van der Waals surface area (Å²) in [5, 5.41) is 14.3. The van der Waals surface area contributed by atoms with Crippen LogP contribution in [0.2, 0.25) is 0 Å². The molecule has 2 heterocycles. The van der Waals surface area contributed by atoms with Crippen LogP contribution in [0.25, 0.3) is 21.8 Å². The number of fused-ring (bicyclic) bond motifs is 2. The molecule has 5 rings (SSSR count). The maximum absolute atomic E-state index is 11.3. The molecule has 0 radical (unpaired) electrons. The number of benzene rings is 3. The van der Waals surface area contributed by atoms with Gasteiger partial charge in [-0.05, 0) is 118 Å². The number of carboxylic acid groups (broad SMARTS) is 1. The Morgan fingerprint density at radius 2 is 1.36 bits per heavy atom. The summed E-state index contributed by atoms with van der Waals surface area (Å²) in [6.45, 7) is 28.4. The zero-order chi connectivity index (χ0) is 62.1. The number of likely N-dealkylation sites (N-methyl/N-ethyl adjacent to an activating group) is 2. The van der Waals surface area contributed by atoms with Gasteiger partial charge in [-0.25, -0.2) is 14.8 Å². The summed E-state index contributed by atoms with van der Waals surface area (Å²) in [6.07, 6.45) is 17.2. The predicted octanol–water partition coefficient (Wildman–Crippen LogP) is 7.99. The van der Waals surface area contributed by atoms with Gasteiger partial charge in [0.25, 0.3) is 0 Å². The lowest BCUT2D eigenvalue weighted by atomic mass is 10.0. The van der Waals surface area contributed by atoms with Crippen molar-refractivity contribution in [1.82, 2.24) is 34.6 Å². The minimum absolute atomic E-state index is 0.0339. The average Bonchev–Trinajstić information content (AvgIpc) is 3.78. The van der Waals surface area contributed by atoms with Gasteiger partial charge in [-0.15, -0.1) is 6.58 Å². The molecule has 446 valence electrons. The molecule has 2 aromatic heterocycles. The number of carbonyl (C=O) groups excluding carboxylic acids is 6. The summed E-state index contributed by atoms with van der Waals surface area (Å²) in [5.41, 5.74) is 20.4. The van der Waals surface area contributed by atoms with Crippen LogP contribution >= 0.6 is 0 Å². The van der Waals surface area contributed by atoms with E-state index < -0.39 is 12.0 Å². The number of allylic oxidation sites excluding steroid dienone is 1. The second-order valence-corrected chi connectivity index (χ2v) is 19.8. The number of nitrogens with zero attached hydrogens (tertiary/aromatic N) is 6. The molecule has 18 heteroatoms. The van der Waals surface area contributed by atoms with E-state index in [4.69, 9.17) is 15.3 Å². The smallest absolute Gasteiger partial charge is 0.326 e. The predicted molar refractivity (Wildman–Crippen MR) is 330 cm³/mol. The lowest BCUT2D eigenvalue weighted by Gasteiger charge is -2.25. The number of hydrogen-bond acceptors (Lipinski definition) is 14. The van der Waals surface area contributed by atoms with Gasteiger partial charge in [-0.1, -0.05) is 119 Å². The van der Waals surface area contributed by atoms with Crippen LogP contribution in [-0.4, -0.2) is 157 Å². The van der Waals surface area contributed by atoms with Crippen LogP contribution in [0.1, 0.15) is 91.3 Å². The fourth-order valence-electron chi connectivity index (χ4n) is 5.97. The second-order valence-electron chi connectivity index (χ2n) is 19.8. The maximum Gasteiger partial charge on any atom is 0.326 e. The number of amides is 2. The quantitative estimate of drug-likeness (QED) is 0.0365. The Kier molecular flexibility index (Phi) is 49.8. The molecule has 5 aromatic rings. The molecule has 0 spiro atoms. The van der Waals surface area contributed by atoms with Gasteiger partial charge in [0.05, 0.1) is 30.7 Å². The van der Waals surface area contributed by atoms with Crippen LogP contribution in [0.3, 0.4) is 0 Å². The average molecular weight is 1110 g/mol. The van der Waals surface area contributed by atoms with E-state index in [1.807, 2.05) is 70.6 Å². The Hall–Kier alpha value is -7.09. The molecule has 80 heavy (non-hydrogen) atoms. The number of carbonyl (C=O) groups is 7. The first-order valence-electron chi connectivity index (χ1n) is 26.7. The largest absolute Gasteiger partial charge is 0.480 e. The second kappa shape index (κ2) is 50.2. The zero-order valence-electron chi connectivity index (χ0n) is 50.9. The molecule has 8 N–H and O–H groups in total. The third-order valence-corrected chi connectivity index (χ3v) is 10.7. The van der Waals surface area contributed by atoms with Gasteiger partial charge in [0.15, 0.2) is 0 Å². The van der Waals surface area contributed by atoms with Crippen LogP contribution in [0, 0.1) is 32.6 Å². The molecule has 2 unspecified atom stereocenters. The molecular formula is C62H100N10O8. The summed E-state index contributed by atoms with van der Waals surface area (Å²) >= 11 is 0. The van der Waals surface area contributed by atoms with Crippen LogP contribution in [-0.2, 0) is 39.1 Å². The van der Waals surface area contributed by atoms with Crippen LogP contribution in [0.5, 0.6) is 0 Å². The van der Waals surface area contributed by atoms with Gasteiger partial charge in [0.2, 0.25) is 12.3 Å². The molecule has 2 amide bonds. The van der Waals surface area contributed by atoms with E-state index in [1.54, 1.807) is 13.4 Å². The third-order valence-electron chi connectivity index (χ3n) is 10.7. The number of nitrogens with two attached hydrogens (primary N) is 3. The third kappa shape index (κ3) is 41.0. The van der Waals surface area contributed by atoms with Crippen molar-refractivity contribution in [2.24, 2.45) is 29.0 Å². The number of aryl methyl sites for hydroxylation is 3. The number of nitrogens with one attached hydrogen (secondary N) is 1. The van der Waals surface area contributed by atoms with Crippen molar-refractivity contribution in [1.29, 1.82) is 0 Å². The van der Waals surface area contributed by atoms with Gasteiger partial charge in [-0.2, -0.15) is 0 Å². The fraction of sp³-hybridized carbons (Fsp3) is 0.468. The number of hydrogen-bond donors (Lipinski definition) is 5. The van der Waals surface area contributed by atoms with Gasteiger partial charge in [0, 0.05) is 61.4 Å². The highest BCUT2D eigenvalue weighted by Crippen LogP contribution is 2.27. The Labute approximate surface area is 479 Å². The van der Waals surface area contributed by atoms with Crippen molar-refractivity contribution < 1.29 is 38.7 Å². The first-order chi connectivity index (χ1) is 37.8. The van der Waals surface area contributed by atoms with Crippen LogP contribution < -0.4 is 22.5 Å². The van der Waals surface area contributed by atoms with E-state index in [2.05, 4.69) is 166 Å². The Bertz CT molecular complexity index is 2430. The summed E-state index contributed by atoms with van der Waals surface area (Å²) in [5.74, 6) is -0.0758. The van der Waals surface area contributed by atoms with Crippen molar-refractivity contribution in [3.8, 4) is 0 Å². The minimum Gasteiger partial charge on any atom is -0.480 e. The van der Waals surface area contributed by atoms with Crippen molar-refractivity contribution in [3.05, 3.63) is 133 Å². The molecule has 0 aliphatic rings. The van der Waals surface area contributed by atoms with Crippen LogP contribution in [0.4, 0.5) is 0 Å². The number of carboxylic acids is 1. The molecule has 0 aliphatic heterocycles. The number of para-hydroxylation sites is 1. The first-order valence-corrected chi connectivity index (χ1v) is 26.7. The van der Waals surface area contributed by atoms with Gasteiger partial charge in [0.1, 0.15) is 37.5 Å². The summed E-state index contributed by atoms with van der Waals surface area (Å²) in [4.78, 5) is 83.0. The molecule has 0 fully saturated rings. The highest BCUT2D eigenvalue weighted by atomic mass is 16.4. The first kappa shape index (κ1) is 79.4. The fourth-order valence-corrected chi connectivity index (χ4v) is 5.97. The number of aromatic nitrogens is 3. The molecule has 3 aromatic carbocycles. The van der Waals surface area contributed by atoms with E-state index in [-0.39, 0.29) is 43.5 Å². The normalized spacial score (nSPS) is 10.8. The molecular weight excluding hydrogens is 1010 g/mol. The van der Waals surface area contributed by atoms with Crippen molar-refractivity contribution in [2.45, 2.75) is 113 Å². The lowest BCUT2D eigenvalue weighted by molar-refractivity contribution is -0.147. The summed E-state index contributed by atoms with van der Waals surface area (Å²) in [7, 11) is 7.34. The topological polar surface area (TPSA) is 270 Å². The highest BCUT2D eigenvalue weighted by molar-refractivity contribution is 5.84. The SMILES string of the molecule is C=CC(C)(C)n1cc(C)c2ccccc21.CC(C)C.CC(C)CC(C(=O)O)N(C=O)CC/C=C\CC(C)N(C)C.CN(CC=O)C(=O)CN.CNCC=O.Cc1ccc2ncncc2c1.Cc1ccccc1.NCC=O.NCC=O. The van der Waals surface area contributed by atoms with Crippen LogP contribution in [0.15, 0.2) is 116 Å². The maximum atomic E-state index is 11.3. The van der Waals surface area contributed by atoms with Crippen molar-refractivity contribution >= 4 is 65.2 Å². The van der Waals surface area contributed by atoms with Gasteiger partial charge >= 0.3 is 5.97 Å². The van der Waals surface area contributed by atoms with Crippen molar-refractivity contribution in [3.63, 3.8) is 0 Å². The summed E-state index contributed by atoms with van der Waals surface area (Å²) in [6, 6.07) is 24.6. The van der Waals surface area contributed by atoms with Gasteiger partial charge < -0.3 is 66.1 Å². The molecule has 18 nitrogen and oxygen atoms in total. The number of aliphatic carboxylic acids is 1. The number of aldehydes is 4. The molecule has 0 bridgehead atoms. The van der Waals surface area contributed by atoms with E-state index in [0.29, 0.717) is 57.2 Å². The molecule has 0 aliphatic carbocycles. The zero-order valence-corrected chi connectivity index (χ0v) is 50.9. The molecule has 0 saturated carbocycles. The van der Waals surface area contributed by atoms with Gasteiger partial charge in [-0.3, -0.25) is 9.59 Å². The Balaban J connectivity index is -0.000000433. The monoisotopic (exact) mass is 1110 g/mol. The van der Waals surface area contributed by atoms with E-state index in [9.17, 15) is 29.1 Å².